The fourth-order valence-corrected chi connectivity index (χ4v) is 2.29. The summed E-state index contributed by atoms with van der Waals surface area (Å²) in [6.07, 6.45) is 2.36. The van der Waals surface area contributed by atoms with Crippen LogP contribution in [0.2, 0.25) is 0 Å². The molecular formula is C13H18N2O3. The summed E-state index contributed by atoms with van der Waals surface area (Å²) in [5, 5.41) is 8.03. The first-order valence-electron chi connectivity index (χ1n) is 6.15. The van der Waals surface area contributed by atoms with Crippen molar-refractivity contribution in [3.05, 3.63) is 17.0 Å². The van der Waals surface area contributed by atoms with Gasteiger partial charge >= 0.3 is 5.97 Å². The quantitative estimate of drug-likeness (QED) is 0.597. The Balaban J connectivity index is 2.43. The molecule has 1 heterocycles. The third kappa shape index (κ3) is 2.44. The van der Waals surface area contributed by atoms with Crippen LogP contribution in [0.5, 0.6) is 0 Å². The van der Waals surface area contributed by atoms with Gasteiger partial charge in [-0.15, -0.1) is 0 Å². The van der Waals surface area contributed by atoms with Crippen LogP contribution in [0, 0.1) is 5.41 Å². The van der Waals surface area contributed by atoms with Gasteiger partial charge in [0.15, 0.2) is 0 Å². The fraction of sp³-hybridized carbons (Fsp3) is 0.615. The lowest BCUT2D eigenvalue weighted by Gasteiger charge is -2.28. The molecular weight excluding hydrogens is 232 g/mol. The molecule has 0 amide bonds. The molecule has 98 valence electrons. The average molecular weight is 250 g/mol. The Morgan fingerprint density at radius 1 is 1.50 bits per heavy atom. The molecule has 0 saturated heterocycles. The van der Waals surface area contributed by atoms with Gasteiger partial charge in [0.25, 0.3) is 0 Å². The SMILES string of the molecule is CCc1noc2c1C(=NOC(C)=O)CC(C)(C)C2. The van der Waals surface area contributed by atoms with Crippen molar-refractivity contribution in [1.82, 2.24) is 5.16 Å². The highest BCUT2D eigenvalue weighted by Gasteiger charge is 2.35. The molecule has 0 N–H and O–H groups in total. The second-order valence-corrected chi connectivity index (χ2v) is 5.42. The van der Waals surface area contributed by atoms with Crippen LogP contribution in [0.4, 0.5) is 0 Å². The molecule has 18 heavy (non-hydrogen) atoms. The van der Waals surface area contributed by atoms with Crippen LogP contribution in [0.25, 0.3) is 0 Å². The lowest BCUT2D eigenvalue weighted by Crippen LogP contribution is -2.27. The molecule has 0 aromatic carbocycles. The van der Waals surface area contributed by atoms with Gasteiger partial charge in [-0.2, -0.15) is 0 Å². The molecule has 0 atom stereocenters. The highest BCUT2D eigenvalue weighted by Crippen LogP contribution is 2.36. The van der Waals surface area contributed by atoms with Crippen LogP contribution in [-0.4, -0.2) is 16.8 Å². The zero-order valence-electron chi connectivity index (χ0n) is 11.2. The van der Waals surface area contributed by atoms with Gasteiger partial charge in [0.1, 0.15) is 5.76 Å². The van der Waals surface area contributed by atoms with Gasteiger partial charge in [-0.05, 0) is 18.3 Å². The molecule has 0 aliphatic heterocycles. The first kappa shape index (κ1) is 12.8. The maximum atomic E-state index is 10.9. The van der Waals surface area contributed by atoms with Crippen LogP contribution in [-0.2, 0) is 22.5 Å². The summed E-state index contributed by atoms with van der Waals surface area (Å²) in [7, 11) is 0. The van der Waals surface area contributed by atoms with E-state index in [9.17, 15) is 4.79 Å². The third-order valence-electron chi connectivity index (χ3n) is 3.03. The highest BCUT2D eigenvalue weighted by molar-refractivity contribution is 6.03. The first-order chi connectivity index (χ1) is 8.43. The molecule has 2 rings (SSSR count). The number of carbonyl (C=O) groups excluding carboxylic acids is 1. The number of hydrogen-bond donors (Lipinski definition) is 0. The largest absolute Gasteiger partial charge is 0.360 e. The lowest BCUT2D eigenvalue weighted by molar-refractivity contribution is -0.140. The van der Waals surface area contributed by atoms with Crippen LogP contribution in [0.1, 0.15) is 51.1 Å². The predicted octanol–water partition coefficient (Wildman–Crippen LogP) is 2.48. The second-order valence-electron chi connectivity index (χ2n) is 5.42. The summed E-state index contributed by atoms with van der Waals surface area (Å²) >= 11 is 0. The number of hydrogen-bond acceptors (Lipinski definition) is 5. The summed E-state index contributed by atoms with van der Waals surface area (Å²) < 4.78 is 5.38. The molecule has 1 aliphatic carbocycles. The summed E-state index contributed by atoms with van der Waals surface area (Å²) in [5.74, 6) is 0.427. The molecule has 1 aliphatic rings. The number of rotatable bonds is 2. The van der Waals surface area contributed by atoms with Crippen LogP contribution in [0.3, 0.4) is 0 Å². The number of fused-ring (bicyclic) bond motifs is 1. The summed E-state index contributed by atoms with van der Waals surface area (Å²) in [4.78, 5) is 15.7. The van der Waals surface area contributed by atoms with Crippen molar-refractivity contribution >= 4 is 11.7 Å². The number of aromatic nitrogens is 1. The maximum Gasteiger partial charge on any atom is 0.331 e. The summed E-state index contributed by atoms with van der Waals surface area (Å²) in [6.45, 7) is 7.62. The second kappa shape index (κ2) is 4.55. The van der Waals surface area contributed by atoms with E-state index >= 15 is 0 Å². The van der Waals surface area contributed by atoms with E-state index < -0.39 is 5.97 Å². The van der Waals surface area contributed by atoms with E-state index in [-0.39, 0.29) is 5.41 Å². The minimum Gasteiger partial charge on any atom is -0.360 e. The van der Waals surface area contributed by atoms with Crippen LogP contribution < -0.4 is 0 Å². The van der Waals surface area contributed by atoms with E-state index in [2.05, 4.69) is 24.2 Å². The predicted molar refractivity (Wildman–Crippen MR) is 66.3 cm³/mol. The average Bonchev–Trinajstić information content (AvgIpc) is 2.66. The van der Waals surface area contributed by atoms with E-state index in [1.54, 1.807) is 0 Å². The van der Waals surface area contributed by atoms with E-state index in [0.29, 0.717) is 0 Å². The molecule has 0 saturated carbocycles. The Morgan fingerprint density at radius 2 is 2.22 bits per heavy atom. The molecule has 0 unspecified atom stereocenters. The van der Waals surface area contributed by atoms with Gasteiger partial charge in [-0.3, -0.25) is 0 Å². The van der Waals surface area contributed by atoms with E-state index in [1.165, 1.54) is 6.92 Å². The molecule has 0 bridgehead atoms. The van der Waals surface area contributed by atoms with Gasteiger partial charge < -0.3 is 9.36 Å². The third-order valence-corrected chi connectivity index (χ3v) is 3.03. The number of aryl methyl sites for hydroxylation is 1. The topological polar surface area (TPSA) is 64.7 Å². The Hall–Kier alpha value is -1.65. The molecule has 5 nitrogen and oxygen atoms in total. The van der Waals surface area contributed by atoms with Crippen molar-refractivity contribution in [2.24, 2.45) is 10.6 Å². The van der Waals surface area contributed by atoms with Crippen molar-refractivity contribution in [1.29, 1.82) is 0 Å². The Kier molecular flexibility index (Phi) is 3.24. The normalized spacial score (nSPS) is 19.7. The van der Waals surface area contributed by atoms with Gasteiger partial charge in [0, 0.05) is 13.3 Å². The molecule has 0 fully saturated rings. The number of oxime groups is 1. The smallest absolute Gasteiger partial charge is 0.331 e. The van der Waals surface area contributed by atoms with Crippen molar-refractivity contribution in [2.75, 3.05) is 0 Å². The summed E-state index contributed by atoms with van der Waals surface area (Å²) in [6, 6.07) is 0. The Morgan fingerprint density at radius 3 is 2.83 bits per heavy atom. The van der Waals surface area contributed by atoms with Gasteiger partial charge in [-0.25, -0.2) is 4.79 Å². The molecule has 0 radical (unpaired) electrons. The van der Waals surface area contributed by atoms with Crippen molar-refractivity contribution in [3.8, 4) is 0 Å². The highest BCUT2D eigenvalue weighted by atomic mass is 16.7. The number of nitrogens with zero attached hydrogens (tertiary/aromatic N) is 2. The lowest BCUT2D eigenvalue weighted by atomic mass is 9.75. The molecule has 1 aromatic rings. The van der Waals surface area contributed by atoms with Gasteiger partial charge in [0.2, 0.25) is 0 Å². The minimum atomic E-state index is -0.415. The molecule has 1 aromatic heterocycles. The van der Waals surface area contributed by atoms with Crippen LogP contribution in [0.15, 0.2) is 9.68 Å². The Labute approximate surface area is 106 Å². The standard InChI is InChI=1S/C13H18N2O3/c1-5-9-12-10(15-17-8(2)16)6-13(3,4)7-11(12)18-14-9/h5-7H2,1-4H3. The zero-order chi connectivity index (χ0) is 13.3. The van der Waals surface area contributed by atoms with Gasteiger partial charge in [-0.1, -0.05) is 31.1 Å². The molecule has 5 heteroatoms. The van der Waals surface area contributed by atoms with E-state index in [4.69, 9.17) is 9.36 Å². The fourth-order valence-electron chi connectivity index (χ4n) is 2.29. The zero-order valence-corrected chi connectivity index (χ0v) is 11.2. The van der Waals surface area contributed by atoms with Crippen molar-refractivity contribution in [2.45, 2.75) is 47.0 Å². The van der Waals surface area contributed by atoms with Crippen molar-refractivity contribution < 1.29 is 14.2 Å². The molecule has 0 spiro atoms. The Bertz CT molecular complexity index is 500. The first-order valence-corrected chi connectivity index (χ1v) is 6.15. The van der Waals surface area contributed by atoms with E-state index in [0.717, 1.165) is 42.0 Å². The van der Waals surface area contributed by atoms with Crippen molar-refractivity contribution in [3.63, 3.8) is 0 Å². The van der Waals surface area contributed by atoms with E-state index in [1.807, 2.05) is 6.92 Å². The number of carbonyl (C=O) groups is 1. The maximum absolute atomic E-state index is 10.9. The van der Waals surface area contributed by atoms with Crippen LogP contribution >= 0.6 is 0 Å². The summed E-state index contributed by atoms with van der Waals surface area (Å²) in [5.41, 5.74) is 2.61. The monoisotopic (exact) mass is 250 g/mol. The van der Waals surface area contributed by atoms with Gasteiger partial charge in [0.05, 0.1) is 17.0 Å². The minimum absolute atomic E-state index is 0.0382.